The molecule has 0 unspecified atom stereocenters. The van der Waals surface area contributed by atoms with Crippen LogP contribution in [0.25, 0.3) is 0 Å². The number of rotatable bonds is 3. The second-order valence-electron chi connectivity index (χ2n) is 4.55. The third-order valence-corrected chi connectivity index (χ3v) is 3.93. The van der Waals surface area contributed by atoms with Gasteiger partial charge in [0.05, 0.1) is 17.1 Å². The fourth-order valence-electron chi connectivity index (χ4n) is 1.84. The van der Waals surface area contributed by atoms with E-state index in [4.69, 9.17) is 11.6 Å². The summed E-state index contributed by atoms with van der Waals surface area (Å²) in [5.41, 5.74) is -0.400. The van der Waals surface area contributed by atoms with Crippen molar-refractivity contribution in [1.29, 1.82) is 0 Å². The lowest BCUT2D eigenvalue weighted by molar-refractivity contribution is 0.675. The number of thiazole rings is 1. The third-order valence-electron chi connectivity index (χ3n) is 2.73. The van der Waals surface area contributed by atoms with Crippen LogP contribution in [0.5, 0.6) is 0 Å². The van der Waals surface area contributed by atoms with Gasteiger partial charge in [-0.15, -0.1) is 11.3 Å². The minimum Gasteiger partial charge on any atom is -0.297 e. The van der Waals surface area contributed by atoms with Crippen LogP contribution in [0.1, 0.15) is 35.2 Å². The van der Waals surface area contributed by atoms with E-state index in [2.05, 4.69) is 9.97 Å². The van der Waals surface area contributed by atoms with Gasteiger partial charge in [-0.25, -0.2) is 9.78 Å². The SMILES string of the molecule is Cc1ncc(Cn2c(=O)[nH]c(Cl)c(C(C)C)c2=O)s1. The molecule has 0 spiro atoms. The van der Waals surface area contributed by atoms with Gasteiger partial charge in [0, 0.05) is 11.1 Å². The van der Waals surface area contributed by atoms with Crippen molar-refractivity contribution in [2.45, 2.75) is 33.2 Å². The number of aryl methyl sites for hydroxylation is 1. The summed E-state index contributed by atoms with van der Waals surface area (Å²) in [6.45, 7) is 5.82. The monoisotopic (exact) mass is 299 g/mol. The Balaban J connectivity index is 2.55. The molecule has 19 heavy (non-hydrogen) atoms. The van der Waals surface area contributed by atoms with Gasteiger partial charge in [0.2, 0.25) is 0 Å². The predicted molar refractivity (Wildman–Crippen MR) is 76.4 cm³/mol. The number of hydrogen-bond donors (Lipinski definition) is 1. The van der Waals surface area contributed by atoms with Gasteiger partial charge >= 0.3 is 5.69 Å². The molecule has 0 saturated heterocycles. The molecular weight excluding hydrogens is 286 g/mol. The zero-order valence-electron chi connectivity index (χ0n) is 10.9. The van der Waals surface area contributed by atoms with E-state index in [9.17, 15) is 9.59 Å². The van der Waals surface area contributed by atoms with Crippen LogP contribution in [0.15, 0.2) is 15.8 Å². The Hall–Kier alpha value is -1.40. The number of nitrogens with one attached hydrogen (secondary N) is 1. The lowest BCUT2D eigenvalue weighted by Crippen LogP contribution is -2.37. The highest BCUT2D eigenvalue weighted by molar-refractivity contribution is 7.11. The number of nitrogens with zero attached hydrogens (tertiary/aromatic N) is 2. The van der Waals surface area contributed by atoms with Crippen molar-refractivity contribution in [2.24, 2.45) is 0 Å². The Morgan fingerprint density at radius 1 is 1.47 bits per heavy atom. The first-order chi connectivity index (χ1) is 8.90. The molecule has 7 heteroatoms. The summed E-state index contributed by atoms with van der Waals surface area (Å²) in [5.74, 6) is -0.0497. The summed E-state index contributed by atoms with van der Waals surface area (Å²) in [4.78, 5) is 31.6. The molecule has 0 bridgehead atoms. The quantitative estimate of drug-likeness (QED) is 0.883. The lowest BCUT2D eigenvalue weighted by atomic mass is 10.1. The van der Waals surface area contributed by atoms with Crippen molar-refractivity contribution in [1.82, 2.24) is 14.5 Å². The Morgan fingerprint density at radius 3 is 2.68 bits per heavy atom. The van der Waals surface area contributed by atoms with Crippen LogP contribution >= 0.6 is 22.9 Å². The molecule has 2 aromatic heterocycles. The average Bonchev–Trinajstić information content (AvgIpc) is 2.69. The number of hydrogen-bond acceptors (Lipinski definition) is 4. The fraction of sp³-hybridized carbons (Fsp3) is 0.417. The minimum absolute atomic E-state index is 0.0497. The highest BCUT2D eigenvalue weighted by Crippen LogP contribution is 2.17. The molecule has 0 aliphatic rings. The van der Waals surface area contributed by atoms with Crippen molar-refractivity contribution in [2.75, 3.05) is 0 Å². The number of aromatic nitrogens is 3. The van der Waals surface area contributed by atoms with Crippen molar-refractivity contribution in [3.63, 3.8) is 0 Å². The highest BCUT2D eigenvalue weighted by Gasteiger charge is 2.16. The number of H-pyrrole nitrogens is 1. The van der Waals surface area contributed by atoms with E-state index >= 15 is 0 Å². The zero-order valence-corrected chi connectivity index (χ0v) is 12.4. The first-order valence-corrected chi connectivity index (χ1v) is 7.03. The molecule has 0 aromatic carbocycles. The molecule has 0 aliphatic carbocycles. The molecule has 0 fully saturated rings. The molecule has 0 amide bonds. The zero-order chi connectivity index (χ0) is 14.2. The lowest BCUT2D eigenvalue weighted by Gasteiger charge is -2.10. The topological polar surface area (TPSA) is 67.8 Å². The van der Waals surface area contributed by atoms with Gasteiger partial charge < -0.3 is 0 Å². The van der Waals surface area contributed by atoms with Gasteiger partial charge in [0.25, 0.3) is 5.56 Å². The predicted octanol–water partition coefficient (Wildman–Crippen LogP) is 2.13. The van der Waals surface area contributed by atoms with E-state index in [1.54, 1.807) is 6.20 Å². The van der Waals surface area contributed by atoms with E-state index in [1.165, 1.54) is 11.3 Å². The molecule has 1 N–H and O–H groups in total. The third kappa shape index (κ3) is 2.79. The molecule has 0 radical (unpaired) electrons. The van der Waals surface area contributed by atoms with Gasteiger partial charge in [0.15, 0.2) is 0 Å². The molecule has 5 nitrogen and oxygen atoms in total. The molecule has 0 aliphatic heterocycles. The summed E-state index contributed by atoms with van der Waals surface area (Å²) >= 11 is 7.39. The largest absolute Gasteiger partial charge is 0.329 e. The molecule has 102 valence electrons. The first-order valence-electron chi connectivity index (χ1n) is 5.84. The maximum absolute atomic E-state index is 12.3. The maximum atomic E-state index is 12.3. The van der Waals surface area contributed by atoms with Gasteiger partial charge in [-0.3, -0.25) is 14.3 Å². The normalized spacial score (nSPS) is 11.2. The molecule has 2 heterocycles. The van der Waals surface area contributed by atoms with Crippen molar-refractivity contribution in [3.05, 3.63) is 47.6 Å². The Labute approximate surface area is 118 Å². The van der Waals surface area contributed by atoms with Crippen LogP contribution in [0.3, 0.4) is 0 Å². The van der Waals surface area contributed by atoms with Crippen LogP contribution in [0.4, 0.5) is 0 Å². The average molecular weight is 300 g/mol. The van der Waals surface area contributed by atoms with E-state index in [1.807, 2.05) is 20.8 Å². The van der Waals surface area contributed by atoms with Crippen molar-refractivity contribution < 1.29 is 0 Å². The number of halogens is 1. The van der Waals surface area contributed by atoms with Gasteiger partial charge in [-0.1, -0.05) is 25.4 Å². The van der Waals surface area contributed by atoms with E-state index in [0.717, 1.165) is 14.5 Å². The summed E-state index contributed by atoms with van der Waals surface area (Å²) < 4.78 is 1.16. The molecule has 0 atom stereocenters. The summed E-state index contributed by atoms with van der Waals surface area (Å²) in [6, 6.07) is 0. The van der Waals surface area contributed by atoms with E-state index in [0.29, 0.717) is 5.56 Å². The van der Waals surface area contributed by atoms with Crippen LogP contribution in [-0.4, -0.2) is 14.5 Å². The van der Waals surface area contributed by atoms with Crippen LogP contribution in [-0.2, 0) is 6.54 Å². The first kappa shape index (κ1) is 14.0. The Morgan fingerprint density at radius 2 is 2.16 bits per heavy atom. The van der Waals surface area contributed by atoms with Crippen molar-refractivity contribution >= 4 is 22.9 Å². The summed E-state index contributed by atoms with van der Waals surface area (Å²) in [5, 5.41) is 1.03. The van der Waals surface area contributed by atoms with Gasteiger partial charge in [0.1, 0.15) is 5.15 Å². The van der Waals surface area contributed by atoms with Gasteiger partial charge in [-0.2, -0.15) is 0 Å². The van der Waals surface area contributed by atoms with E-state index in [-0.39, 0.29) is 23.2 Å². The van der Waals surface area contributed by atoms with Crippen molar-refractivity contribution in [3.8, 4) is 0 Å². The maximum Gasteiger partial charge on any atom is 0.329 e. The molecule has 0 saturated carbocycles. The summed E-state index contributed by atoms with van der Waals surface area (Å²) in [6.07, 6.45) is 1.68. The Kier molecular flexibility index (Phi) is 3.91. The highest BCUT2D eigenvalue weighted by atomic mass is 35.5. The second-order valence-corrected chi connectivity index (χ2v) is 6.25. The molecule has 2 rings (SSSR count). The standard InChI is InChI=1S/C12H14ClN3O2S/c1-6(2)9-10(13)15-12(18)16(11(9)17)5-8-4-14-7(3)19-8/h4,6H,5H2,1-3H3,(H,15,18). The van der Waals surface area contributed by atoms with Crippen LogP contribution < -0.4 is 11.2 Å². The van der Waals surface area contributed by atoms with E-state index < -0.39 is 5.69 Å². The fourth-order valence-corrected chi connectivity index (χ4v) is 3.00. The molecular formula is C12H14ClN3O2S. The molecule has 2 aromatic rings. The smallest absolute Gasteiger partial charge is 0.297 e. The summed E-state index contributed by atoms with van der Waals surface area (Å²) in [7, 11) is 0. The number of aromatic amines is 1. The van der Waals surface area contributed by atoms with Gasteiger partial charge in [-0.05, 0) is 12.8 Å². The van der Waals surface area contributed by atoms with Crippen LogP contribution in [0.2, 0.25) is 5.15 Å². The second kappa shape index (κ2) is 5.30. The van der Waals surface area contributed by atoms with Crippen LogP contribution in [0, 0.1) is 6.92 Å². The minimum atomic E-state index is -0.495. The Bertz CT molecular complexity index is 714.